The van der Waals surface area contributed by atoms with Crippen molar-refractivity contribution in [2.45, 2.75) is 13.0 Å². The van der Waals surface area contributed by atoms with Gasteiger partial charge in [-0.15, -0.1) is 0 Å². The molecule has 0 radical (unpaired) electrons. The monoisotopic (exact) mass is 268 g/mol. The third-order valence-electron chi connectivity index (χ3n) is 3.38. The van der Waals surface area contributed by atoms with E-state index in [1.54, 1.807) is 20.2 Å². The van der Waals surface area contributed by atoms with Crippen molar-refractivity contribution < 1.29 is 9.84 Å². The van der Waals surface area contributed by atoms with Gasteiger partial charge in [0, 0.05) is 35.1 Å². The number of aliphatic hydroxyl groups is 1. The maximum absolute atomic E-state index is 10.0. The Bertz CT molecular complexity index is 747. The number of hydrogen-bond acceptors (Lipinski definition) is 3. The van der Waals surface area contributed by atoms with E-state index in [9.17, 15) is 5.11 Å². The van der Waals surface area contributed by atoms with Gasteiger partial charge in [-0.05, 0) is 31.2 Å². The molecule has 1 atom stereocenters. The third-order valence-corrected chi connectivity index (χ3v) is 3.38. The van der Waals surface area contributed by atoms with Crippen molar-refractivity contribution in [1.29, 1.82) is 0 Å². The minimum Gasteiger partial charge on any atom is -0.481 e. The second-order valence-electron chi connectivity index (χ2n) is 4.71. The van der Waals surface area contributed by atoms with Crippen molar-refractivity contribution in [2.75, 3.05) is 7.11 Å². The molecule has 0 aromatic carbocycles. The summed E-state index contributed by atoms with van der Waals surface area (Å²) in [5.41, 5.74) is 3.88. The van der Waals surface area contributed by atoms with Crippen molar-refractivity contribution in [3.05, 3.63) is 54.4 Å². The van der Waals surface area contributed by atoms with Crippen LogP contribution in [0.15, 0.2) is 48.8 Å². The molecular weight excluding hydrogens is 252 g/mol. The van der Waals surface area contributed by atoms with Crippen LogP contribution in [0.3, 0.4) is 0 Å². The van der Waals surface area contributed by atoms with E-state index in [2.05, 4.69) is 9.38 Å². The number of methoxy groups -OCH3 is 1. The Morgan fingerprint density at radius 1 is 1.25 bits per heavy atom. The van der Waals surface area contributed by atoms with E-state index in [0.717, 1.165) is 22.3 Å². The molecule has 20 heavy (non-hydrogen) atoms. The fraction of sp³-hybridized carbons (Fsp3) is 0.188. The van der Waals surface area contributed by atoms with Crippen molar-refractivity contribution in [3.8, 4) is 17.1 Å². The van der Waals surface area contributed by atoms with Crippen molar-refractivity contribution >= 4 is 5.52 Å². The number of nitrogens with zero attached hydrogens (tertiary/aromatic N) is 2. The molecule has 102 valence electrons. The molecule has 0 spiro atoms. The summed E-state index contributed by atoms with van der Waals surface area (Å²) in [6.45, 7) is 1.77. The number of rotatable bonds is 3. The number of fused-ring (bicyclic) bond motifs is 1. The van der Waals surface area contributed by atoms with Crippen LogP contribution < -0.4 is 4.74 Å². The van der Waals surface area contributed by atoms with Crippen LogP contribution in [0.4, 0.5) is 0 Å². The summed E-state index contributed by atoms with van der Waals surface area (Å²) in [6, 6.07) is 11.8. The van der Waals surface area contributed by atoms with Crippen LogP contribution in [0.2, 0.25) is 0 Å². The van der Waals surface area contributed by atoms with Gasteiger partial charge in [-0.1, -0.05) is 6.07 Å². The van der Waals surface area contributed by atoms with Crippen molar-refractivity contribution in [3.63, 3.8) is 0 Å². The summed E-state index contributed by atoms with van der Waals surface area (Å²) in [7, 11) is 1.60. The molecule has 0 amide bonds. The Hall–Kier alpha value is -2.33. The van der Waals surface area contributed by atoms with E-state index in [4.69, 9.17) is 4.74 Å². The molecule has 0 saturated heterocycles. The zero-order valence-corrected chi connectivity index (χ0v) is 11.4. The lowest BCUT2D eigenvalue weighted by atomic mass is 10.1. The van der Waals surface area contributed by atoms with E-state index >= 15 is 0 Å². The van der Waals surface area contributed by atoms with Crippen LogP contribution in [-0.2, 0) is 0 Å². The van der Waals surface area contributed by atoms with Crippen LogP contribution in [0.5, 0.6) is 5.88 Å². The molecule has 4 nitrogen and oxygen atoms in total. The molecule has 1 N–H and O–H groups in total. The highest BCUT2D eigenvalue weighted by atomic mass is 16.5. The van der Waals surface area contributed by atoms with E-state index in [0.29, 0.717) is 5.88 Å². The SMILES string of the molecule is COc1cc(-c2c(C(C)O)cc3ccccn23)ccn1. The first-order valence-corrected chi connectivity index (χ1v) is 6.49. The van der Waals surface area contributed by atoms with E-state index in [1.807, 2.05) is 42.6 Å². The summed E-state index contributed by atoms with van der Waals surface area (Å²) in [5, 5.41) is 10.0. The molecule has 4 heteroatoms. The quantitative estimate of drug-likeness (QED) is 0.794. The minimum atomic E-state index is -0.538. The molecule has 0 aliphatic carbocycles. The van der Waals surface area contributed by atoms with Crippen LogP contribution in [0.25, 0.3) is 16.8 Å². The Morgan fingerprint density at radius 2 is 2.10 bits per heavy atom. The van der Waals surface area contributed by atoms with Crippen LogP contribution in [0.1, 0.15) is 18.6 Å². The smallest absolute Gasteiger partial charge is 0.213 e. The molecule has 0 bridgehead atoms. The zero-order chi connectivity index (χ0) is 14.1. The largest absolute Gasteiger partial charge is 0.481 e. The molecule has 1 unspecified atom stereocenters. The van der Waals surface area contributed by atoms with Gasteiger partial charge < -0.3 is 14.2 Å². The van der Waals surface area contributed by atoms with Crippen LogP contribution in [0, 0.1) is 0 Å². The zero-order valence-electron chi connectivity index (χ0n) is 11.4. The summed E-state index contributed by atoms with van der Waals surface area (Å²) in [4.78, 5) is 4.13. The molecule has 3 heterocycles. The van der Waals surface area contributed by atoms with Crippen LogP contribution >= 0.6 is 0 Å². The minimum absolute atomic E-state index is 0.538. The topological polar surface area (TPSA) is 46.8 Å². The van der Waals surface area contributed by atoms with E-state index < -0.39 is 6.10 Å². The van der Waals surface area contributed by atoms with E-state index in [1.165, 1.54) is 0 Å². The fourth-order valence-corrected chi connectivity index (χ4v) is 2.44. The van der Waals surface area contributed by atoms with Gasteiger partial charge in [0.25, 0.3) is 0 Å². The Kier molecular flexibility index (Phi) is 3.16. The van der Waals surface area contributed by atoms with Gasteiger partial charge in [0.2, 0.25) is 5.88 Å². The lowest BCUT2D eigenvalue weighted by molar-refractivity contribution is 0.200. The fourth-order valence-electron chi connectivity index (χ4n) is 2.44. The molecule has 0 aliphatic rings. The van der Waals surface area contributed by atoms with Gasteiger partial charge in [0.1, 0.15) is 0 Å². The predicted octanol–water partition coefficient (Wildman–Crippen LogP) is 3.06. The Balaban J connectivity index is 2.30. The molecular formula is C16H16N2O2. The number of hydrogen-bond donors (Lipinski definition) is 1. The molecule has 3 rings (SSSR count). The first-order chi connectivity index (χ1) is 9.70. The first-order valence-electron chi connectivity index (χ1n) is 6.49. The van der Waals surface area contributed by atoms with Gasteiger partial charge >= 0.3 is 0 Å². The summed E-state index contributed by atoms with van der Waals surface area (Å²) >= 11 is 0. The number of ether oxygens (including phenoxy) is 1. The van der Waals surface area contributed by atoms with Crippen LogP contribution in [-0.4, -0.2) is 21.6 Å². The van der Waals surface area contributed by atoms with Gasteiger partial charge in [0.05, 0.1) is 18.9 Å². The lowest BCUT2D eigenvalue weighted by Gasteiger charge is -2.09. The lowest BCUT2D eigenvalue weighted by Crippen LogP contribution is -1.96. The van der Waals surface area contributed by atoms with Gasteiger partial charge in [-0.3, -0.25) is 0 Å². The summed E-state index contributed by atoms with van der Waals surface area (Å²) in [6.07, 6.45) is 3.16. The molecule has 3 aromatic heterocycles. The average molecular weight is 268 g/mol. The van der Waals surface area contributed by atoms with Crippen molar-refractivity contribution in [2.24, 2.45) is 0 Å². The second kappa shape index (κ2) is 4.98. The average Bonchev–Trinajstić information content (AvgIpc) is 2.87. The summed E-state index contributed by atoms with van der Waals surface area (Å²) < 4.78 is 7.25. The van der Waals surface area contributed by atoms with E-state index in [-0.39, 0.29) is 0 Å². The Morgan fingerprint density at radius 3 is 2.85 bits per heavy atom. The highest BCUT2D eigenvalue weighted by Gasteiger charge is 2.16. The molecule has 0 aliphatic heterocycles. The molecule has 0 saturated carbocycles. The molecule has 0 fully saturated rings. The highest BCUT2D eigenvalue weighted by molar-refractivity contribution is 5.72. The Labute approximate surface area is 117 Å². The van der Waals surface area contributed by atoms with Gasteiger partial charge in [-0.2, -0.15) is 0 Å². The normalized spacial score (nSPS) is 12.6. The van der Waals surface area contributed by atoms with Crippen molar-refractivity contribution in [1.82, 2.24) is 9.38 Å². The van der Waals surface area contributed by atoms with Gasteiger partial charge in [-0.25, -0.2) is 4.98 Å². The highest BCUT2D eigenvalue weighted by Crippen LogP contribution is 2.32. The first kappa shape index (κ1) is 12.7. The van der Waals surface area contributed by atoms with Gasteiger partial charge in [0.15, 0.2) is 0 Å². The third kappa shape index (κ3) is 2.04. The molecule has 3 aromatic rings. The maximum atomic E-state index is 10.0. The standard InChI is InChI=1S/C16H16N2O2/c1-11(19)14-10-13-5-3-4-8-18(13)16(14)12-6-7-17-15(9-12)20-2/h3-11,19H,1-2H3. The number of aliphatic hydroxyl groups excluding tert-OH is 1. The predicted molar refractivity (Wildman–Crippen MR) is 77.8 cm³/mol. The summed E-state index contributed by atoms with van der Waals surface area (Å²) in [5.74, 6) is 0.560. The maximum Gasteiger partial charge on any atom is 0.213 e. The number of aromatic nitrogens is 2. The number of pyridine rings is 2. The second-order valence-corrected chi connectivity index (χ2v) is 4.71.